The highest BCUT2D eigenvalue weighted by atomic mass is 16.1. The molecule has 0 aliphatic heterocycles. The van der Waals surface area contributed by atoms with E-state index in [0.29, 0.717) is 6.54 Å². The number of amides is 1. The van der Waals surface area contributed by atoms with Crippen molar-refractivity contribution in [2.75, 3.05) is 5.32 Å². The second kappa shape index (κ2) is 6.44. The van der Waals surface area contributed by atoms with Gasteiger partial charge in [-0.1, -0.05) is 30.3 Å². The molecule has 0 spiro atoms. The van der Waals surface area contributed by atoms with Gasteiger partial charge in [0.2, 0.25) is 0 Å². The molecule has 3 rings (SSSR count). The summed E-state index contributed by atoms with van der Waals surface area (Å²) >= 11 is 0. The van der Waals surface area contributed by atoms with Crippen LogP contribution in [0.15, 0.2) is 55.1 Å². The molecule has 0 saturated carbocycles. The summed E-state index contributed by atoms with van der Waals surface area (Å²) in [4.78, 5) is 16.5. The highest BCUT2D eigenvalue weighted by molar-refractivity contribution is 6.06. The van der Waals surface area contributed by atoms with Gasteiger partial charge < -0.3 is 5.32 Å². The second-order valence-electron chi connectivity index (χ2n) is 5.51. The van der Waals surface area contributed by atoms with Crippen LogP contribution in [0.5, 0.6) is 0 Å². The van der Waals surface area contributed by atoms with Gasteiger partial charge in [-0.3, -0.25) is 4.79 Å². The Bertz CT molecular complexity index is 805. The van der Waals surface area contributed by atoms with Gasteiger partial charge in [-0.2, -0.15) is 5.10 Å². The summed E-state index contributed by atoms with van der Waals surface area (Å²) in [6.45, 7) is 4.51. The lowest BCUT2D eigenvalue weighted by Crippen LogP contribution is -2.15. The van der Waals surface area contributed by atoms with E-state index in [9.17, 15) is 4.79 Å². The van der Waals surface area contributed by atoms with Crippen molar-refractivity contribution in [2.45, 2.75) is 20.4 Å². The van der Waals surface area contributed by atoms with Crippen LogP contribution < -0.4 is 5.32 Å². The zero-order chi connectivity index (χ0) is 16.2. The monoisotopic (exact) mass is 306 g/mol. The topological polar surface area (TPSA) is 59.8 Å². The Balaban J connectivity index is 1.79. The fraction of sp³-hybridized carbons (Fsp3) is 0.167. The Morgan fingerprint density at radius 3 is 2.57 bits per heavy atom. The van der Waals surface area contributed by atoms with Gasteiger partial charge in [0.1, 0.15) is 12.7 Å². The third kappa shape index (κ3) is 3.45. The summed E-state index contributed by atoms with van der Waals surface area (Å²) in [6.07, 6.45) is 3.18. The SMILES string of the molecule is Cc1cccc(C)c1C(=O)Nc1cccc(Cn2cncn2)c1. The molecule has 1 N–H and O–H groups in total. The molecular formula is C18H18N4O. The molecular weight excluding hydrogens is 288 g/mol. The van der Waals surface area contributed by atoms with Crippen LogP contribution in [0, 0.1) is 13.8 Å². The zero-order valence-electron chi connectivity index (χ0n) is 13.2. The van der Waals surface area contributed by atoms with Gasteiger partial charge in [0.15, 0.2) is 0 Å². The van der Waals surface area contributed by atoms with Crippen LogP contribution in [0.4, 0.5) is 5.69 Å². The van der Waals surface area contributed by atoms with Crippen LogP contribution >= 0.6 is 0 Å². The first-order chi connectivity index (χ1) is 11.1. The minimum Gasteiger partial charge on any atom is -0.322 e. The number of carbonyl (C=O) groups excluding carboxylic acids is 1. The molecule has 5 nitrogen and oxygen atoms in total. The van der Waals surface area contributed by atoms with Crippen molar-refractivity contribution in [1.29, 1.82) is 0 Å². The molecule has 0 aliphatic rings. The van der Waals surface area contributed by atoms with E-state index in [4.69, 9.17) is 0 Å². The maximum absolute atomic E-state index is 12.5. The van der Waals surface area contributed by atoms with Crippen molar-refractivity contribution < 1.29 is 4.79 Å². The van der Waals surface area contributed by atoms with Crippen molar-refractivity contribution in [1.82, 2.24) is 14.8 Å². The maximum atomic E-state index is 12.5. The second-order valence-corrected chi connectivity index (χ2v) is 5.51. The van der Waals surface area contributed by atoms with Gasteiger partial charge >= 0.3 is 0 Å². The van der Waals surface area contributed by atoms with Crippen molar-refractivity contribution in [2.24, 2.45) is 0 Å². The fourth-order valence-electron chi connectivity index (χ4n) is 2.62. The predicted molar refractivity (Wildman–Crippen MR) is 89.4 cm³/mol. The number of nitrogens with zero attached hydrogens (tertiary/aromatic N) is 3. The molecule has 0 unspecified atom stereocenters. The third-order valence-electron chi connectivity index (χ3n) is 3.70. The number of hydrogen-bond acceptors (Lipinski definition) is 3. The van der Waals surface area contributed by atoms with Crippen molar-refractivity contribution in [3.63, 3.8) is 0 Å². The average molecular weight is 306 g/mol. The largest absolute Gasteiger partial charge is 0.322 e. The third-order valence-corrected chi connectivity index (χ3v) is 3.70. The number of rotatable bonds is 4. The molecule has 0 radical (unpaired) electrons. The minimum absolute atomic E-state index is 0.0847. The first kappa shape index (κ1) is 15.0. The van der Waals surface area contributed by atoms with Gasteiger partial charge in [0.25, 0.3) is 5.91 Å². The summed E-state index contributed by atoms with van der Waals surface area (Å²) in [5, 5.41) is 7.07. The van der Waals surface area contributed by atoms with Crippen LogP contribution in [-0.4, -0.2) is 20.7 Å². The highest BCUT2D eigenvalue weighted by Crippen LogP contribution is 2.17. The summed E-state index contributed by atoms with van der Waals surface area (Å²) in [5.41, 5.74) is 4.50. The summed E-state index contributed by atoms with van der Waals surface area (Å²) in [7, 11) is 0. The van der Waals surface area contributed by atoms with Gasteiger partial charge in [-0.25, -0.2) is 9.67 Å². The summed E-state index contributed by atoms with van der Waals surface area (Å²) in [5.74, 6) is -0.0847. The van der Waals surface area contributed by atoms with Crippen molar-refractivity contribution in [3.8, 4) is 0 Å². The van der Waals surface area contributed by atoms with Crippen LogP contribution in [0.3, 0.4) is 0 Å². The molecule has 0 saturated heterocycles. The lowest BCUT2D eigenvalue weighted by molar-refractivity contribution is 0.102. The predicted octanol–water partition coefficient (Wildman–Crippen LogP) is 3.20. The van der Waals surface area contributed by atoms with Gasteiger partial charge in [-0.15, -0.1) is 0 Å². The Hall–Kier alpha value is -2.95. The van der Waals surface area contributed by atoms with Crippen molar-refractivity contribution >= 4 is 11.6 Å². The van der Waals surface area contributed by atoms with E-state index in [1.165, 1.54) is 6.33 Å². The Labute approximate surface area is 135 Å². The van der Waals surface area contributed by atoms with E-state index in [2.05, 4.69) is 15.4 Å². The molecule has 116 valence electrons. The molecule has 0 bridgehead atoms. The van der Waals surface area contributed by atoms with E-state index < -0.39 is 0 Å². The molecule has 2 aromatic carbocycles. The van der Waals surface area contributed by atoms with E-state index in [-0.39, 0.29) is 5.91 Å². The van der Waals surface area contributed by atoms with E-state index >= 15 is 0 Å². The van der Waals surface area contributed by atoms with Crippen LogP contribution in [0.2, 0.25) is 0 Å². The number of anilines is 1. The summed E-state index contributed by atoms with van der Waals surface area (Å²) in [6, 6.07) is 13.6. The molecule has 1 amide bonds. The van der Waals surface area contributed by atoms with E-state index in [1.807, 2.05) is 56.3 Å². The molecule has 23 heavy (non-hydrogen) atoms. The van der Waals surface area contributed by atoms with E-state index in [0.717, 1.165) is 27.9 Å². The van der Waals surface area contributed by atoms with Crippen LogP contribution in [0.1, 0.15) is 27.0 Å². The number of nitrogens with one attached hydrogen (secondary N) is 1. The maximum Gasteiger partial charge on any atom is 0.256 e. The number of benzene rings is 2. The Morgan fingerprint density at radius 2 is 1.87 bits per heavy atom. The lowest BCUT2D eigenvalue weighted by Gasteiger charge is -2.11. The van der Waals surface area contributed by atoms with E-state index in [1.54, 1.807) is 11.0 Å². The molecule has 1 aromatic heterocycles. The fourth-order valence-corrected chi connectivity index (χ4v) is 2.62. The minimum atomic E-state index is -0.0847. The molecule has 0 atom stereocenters. The van der Waals surface area contributed by atoms with Gasteiger partial charge in [0, 0.05) is 11.3 Å². The zero-order valence-corrected chi connectivity index (χ0v) is 13.2. The highest BCUT2D eigenvalue weighted by Gasteiger charge is 2.12. The Kier molecular flexibility index (Phi) is 4.19. The number of aryl methyl sites for hydroxylation is 2. The van der Waals surface area contributed by atoms with Crippen molar-refractivity contribution in [3.05, 3.63) is 77.4 Å². The smallest absolute Gasteiger partial charge is 0.256 e. The van der Waals surface area contributed by atoms with Crippen LogP contribution in [-0.2, 0) is 6.54 Å². The number of carbonyl (C=O) groups is 1. The first-order valence-electron chi connectivity index (χ1n) is 7.42. The Morgan fingerprint density at radius 1 is 1.13 bits per heavy atom. The number of hydrogen-bond donors (Lipinski definition) is 1. The van der Waals surface area contributed by atoms with Gasteiger partial charge in [0.05, 0.1) is 6.54 Å². The molecule has 1 heterocycles. The van der Waals surface area contributed by atoms with Crippen LogP contribution in [0.25, 0.3) is 0 Å². The lowest BCUT2D eigenvalue weighted by atomic mass is 10.0. The normalized spacial score (nSPS) is 10.5. The average Bonchev–Trinajstić information content (AvgIpc) is 3.00. The molecule has 3 aromatic rings. The first-order valence-corrected chi connectivity index (χ1v) is 7.42. The standard InChI is InChI=1S/C18H18N4O/c1-13-5-3-6-14(2)17(13)18(23)21-16-8-4-7-15(9-16)10-22-12-19-11-20-22/h3-9,11-12H,10H2,1-2H3,(H,21,23). The number of aromatic nitrogens is 3. The quantitative estimate of drug-likeness (QED) is 0.805. The molecule has 0 fully saturated rings. The molecule has 5 heteroatoms. The van der Waals surface area contributed by atoms with Gasteiger partial charge in [-0.05, 0) is 42.7 Å². The molecule has 0 aliphatic carbocycles. The summed E-state index contributed by atoms with van der Waals surface area (Å²) < 4.78 is 1.74.